The molecule has 96 valence electrons. The van der Waals surface area contributed by atoms with Gasteiger partial charge in [-0.05, 0) is 38.9 Å². The van der Waals surface area contributed by atoms with Crippen molar-refractivity contribution in [3.63, 3.8) is 0 Å². The topological polar surface area (TPSA) is 28.2 Å². The van der Waals surface area contributed by atoms with E-state index < -0.39 is 0 Å². The maximum absolute atomic E-state index is 4.31. The summed E-state index contributed by atoms with van der Waals surface area (Å²) in [6.45, 7) is 7.07. The summed E-state index contributed by atoms with van der Waals surface area (Å²) in [6, 6.07) is 0.714. The van der Waals surface area contributed by atoms with E-state index in [4.69, 9.17) is 0 Å². The van der Waals surface area contributed by atoms with Crippen molar-refractivity contribution in [2.24, 2.45) is 0 Å². The molecule has 0 aliphatic carbocycles. The Morgan fingerprint density at radius 1 is 1.47 bits per heavy atom. The number of hydrogen-bond donors (Lipinski definition) is 1. The summed E-state index contributed by atoms with van der Waals surface area (Å²) in [5.41, 5.74) is 0. The molecule has 1 N–H and O–H groups in total. The average Bonchev–Trinajstić information content (AvgIpc) is 2.75. The molecule has 0 saturated carbocycles. The molecular weight excluding hydrogens is 230 g/mol. The Balaban J connectivity index is 1.65. The molecule has 3 nitrogen and oxygen atoms in total. The number of thiazole rings is 1. The molecule has 4 heteroatoms. The van der Waals surface area contributed by atoms with E-state index >= 15 is 0 Å². The summed E-state index contributed by atoms with van der Waals surface area (Å²) >= 11 is 1.76. The lowest BCUT2D eigenvalue weighted by Gasteiger charge is -2.18. The number of hydrogen-bond acceptors (Lipinski definition) is 4. The highest BCUT2D eigenvalue weighted by atomic mass is 32.1. The predicted molar refractivity (Wildman–Crippen MR) is 73.6 cm³/mol. The molecule has 1 unspecified atom stereocenters. The Kier molecular flexibility index (Phi) is 5.42. The maximum Gasteiger partial charge on any atom is 0.0937 e. The van der Waals surface area contributed by atoms with Gasteiger partial charge in [-0.1, -0.05) is 6.92 Å². The number of likely N-dealkylation sites (tertiary alicyclic amines) is 1. The normalized spacial score (nSPS) is 22.5. The standard InChI is InChI=1S/C13H23N3S/c1-2-16-9-3-4-12(6-10-16)14-7-5-13-15-8-11-17-13/h8,11-12,14H,2-7,9-10H2,1H3. The van der Waals surface area contributed by atoms with E-state index in [0.717, 1.165) is 13.0 Å². The monoisotopic (exact) mass is 253 g/mol. The average molecular weight is 253 g/mol. The van der Waals surface area contributed by atoms with Crippen LogP contribution in [0.5, 0.6) is 0 Å². The van der Waals surface area contributed by atoms with Crippen LogP contribution in [0.4, 0.5) is 0 Å². The molecule has 1 atom stereocenters. The lowest BCUT2D eigenvalue weighted by molar-refractivity contribution is 0.297. The van der Waals surface area contributed by atoms with Gasteiger partial charge in [-0.25, -0.2) is 4.98 Å². The summed E-state index contributed by atoms with van der Waals surface area (Å²) < 4.78 is 0. The Hall–Kier alpha value is -0.450. The van der Waals surface area contributed by atoms with E-state index in [0.29, 0.717) is 6.04 Å². The smallest absolute Gasteiger partial charge is 0.0937 e. The largest absolute Gasteiger partial charge is 0.314 e. The highest BCUT2D eigenvalue weighted by Gasteiger charge is 2.15. The van der Waals surface area contributed by atoms with E-state index in [1.54, 1.807) is 11.3 Å². The molecular formula is C13H23N3S. The quantitative estimate of drug-likeness (QED) is 0.871. The number of nitrogens with zero attached hydrogens (tertiary/aromatic N) is 2. The zero-order chi connectivity index (χ0) is 11.9. The first-order chi connectivity index (χ1) is 8.38. The second-order valence-electron chi connectivity index (χ2n) is 4.69. The van der Waals surface area contributed by atoms with Gasteiger partial charge in [0.1, 0.15) is 0 Å². The SMILES string of the molecule is CCN1CCCC(NCCc2nccs2)CC1. The Morgan fingerprint density at radius 3 is 3.18 bits per heavy atom. The van der Waals surface area contributed by atoms with Crippen LogP contribution < -0.4 is 5.32 Å². The highest BCUT2D eigenvalue weighted by Crippen LogP contribution is 2.11. The molecule has 2 heterocycles. The fraction of sp³-hybridized carbons (Fsp3) is 0.769. The molecule has 0 bridgehead atoms. The Bertz CT molecular complexity index is 300. The second-order valence-corrected chi connectivity index (χ2v) is 5.67. The number of nitrogens with one attached hydrogen (secondary N) is 1. The lowest BCUT2D eigenvalue weighted by Crippen LogP contribution is -2.32. The van der Waals surface area contributed by atoms with Gasteiger partial charge in [0.2, 0.25) is 0 Å². The minimum absolute atomic E-state index is 0.714. The van der Waals surface area contributed by atoms with Crippen LogP contribution in [0.1, 0.15) is 31.2 Å². The molecule has 0 spiro atoms. The maximum atomic E-state index is 4.31. The molecule has 1 fully saturated rings. The molecule has 2 rings (SSSR count). The van der Waals surface area contributed by atoms with Gasteiger partial charge in [0, 0.05) is 30.6 Å². The minimum Gasteiger partial charge on any atom is -0.314 e. The van der Waals surface area contributed by atoms with Crippen LogP contribution in [0.15, 0.2) is 11.6 Å². The third kappa shape index (κ3) is 4.37. The first kappa shape index (κ1) is 13.0. The summed E-state index contributed by atoms with van der Waals surface area (Å²) in [4.78, 5) is 6.87. The minimum atomic E-state index is 0.714. The zero-order valence-corrected chi connectivity index (χ0v) is 11.5. The van der Waals surface area contributed by atoms with Crippen molar-refractivity contribution in [3.8, 4) is 0 Å². The van der Waals surface area contributed by atoms with Gasteiger partial charge in [-0.2, -0.15) is 0 Å². The van der Waals surface area contributed by atoms with Crippen LogP contribution in [0.25, 0.3) is 0 Å². The Labute approximate surface area is 108 Å². The summed E-state index contributed by atoms with van der Waals surface area (Å²) in [6.07, 6.45) is 6.93. The molecule has 0 amide bonds. The fourth-order valence-electron chi connectivity index (χ4n) is 2.44. The first-order valence-corrected chi connectivity index (χ1v) is 7.60. The van der Waals surface area contributed by atoms with Gasteiger partial charge in [0.25, 0.3) is 0 Å². The first-order valence-electron chi connectivity index (χ1n) is 6.72. The summed E-state index contributed by atoms with van der Waals surface area (Å²) in [5, 5.41) is 6.99. The van der Waals surface area contributed by atoms with Gasteiger partial charge < -0.3 is 10.2 Å². The molecule has 1 aliphatic rings. The van der Waals surface area contributed by atoms with Gasteiger partial charge >= 0.3 is 0 Å². The number of rotatable bonds is 5. The van der Waals surface area contributed by atoms with Crippen molar-refractivity contribution in [2.45, 2.75) is 38.6 Å². The van der Waals surface area contributed by atoms with Crippen LogP contribution >= 0.6 is 11.3 Å². The van der Waals surface area contributed by atoms with E-state index in [9.17, 15) is 0 Å². The van der Waals surface area contributed by atoms with Crippen molar-refractivity contribution < 1.29 is 0 Å². The van der Waals surface area contributed by atoms with Gasteiger partial charge in [0.05, 0.1) is 5.01 Å². The molecule has 1 aromatic rings. The third-order valence-electron chi connectivity index (χ3n) is 3.52. The van der Waals surface area contributed by atoms with Crippen LogP contribution in [0.2, 0.25) is 0 Å². The molecule has 1 aliphatic heterocycles. The molecule has 0 aromatic carbocycles. The van der Waals surface area contributed by atoms with Crippen molar-refractivity contribution in [2.75, 3.05) is 26.2 Å². The van der Waals surface area contributed by atoms with E-state index in [1.807, 2.05) is 6.20 Å². The van der Waals surface area contributed by atoms with Gasteiger partial charge in [-0.15, -0.1) is 11.3 Å². The number of aromatic nitrogens is 1. The van der Waals surface area contributed by atoms with Crippen LogP contribution in [-0.2, 0) is 6.42 Å². The summed E-state index contributed by atoms with van der Waals surface area (Å²) in [5.74, 6) is 0. The van der Waals surface area contributed by atoms with Crippen molar-refractivity contribution in [3.05, 3.63) is 16.6 Å². The van der Waals surface area contributed by atoms with E-state index in [2.05, 4.69) is 27.5 Å². The molecule has 1 aromatic heterocycles. The molecule has 17 heavy (non-hydrogen) atoms. The molecule has 0 radical (unpaired) electrons. The van der Waals surface area contributed by atoms with Crippen molar-refractivity contribution in [1.29, 1.82) is 0 Å². The van der Waals surface area contributed by atoms with E-state index in [-0.39, 0.29) is 0 Å². The van der Waals surface area contributed by atoms with Crippen LogP contribution in [0.3, 0.4) is 0 Å². The third-order valence-corrected chi connectivity index (χ3v) is 4.36. The lowest BCUT2D eigenvalue weighted by atomic mass is 10.1. The zero-order valence-electron chi connectivity index (χ0n) is 10.7. The Morgan fingerprint density at radius 2 is 2.41 bits per heavy atom. The fourth-order valence-corrected chi connectivity index (χ4v) is 3.06. The van der Waals surface area contributed by atoms with Crippen LogP contribution in [-0.4, -0.2) is 42.1 Å². The van der Waals surface area contributed by atoms with Crippen molar-refractivity contribution in [1.82, 2.24) is 15.2 Å². The van der Waals surface area contributed by atoms with E-state index in [1.165, 1.54) is 43.9 Å². The predicted octanol–water partition coefficient (Wildman–Crippen LogP) is 2.15. The van der Waals surface area contributed by atoms with Crippen molar-refractivity contribution >= 4 is 11.3 Å². The summed E-state index contributed by atoms with van der Waals surface area (Å²) in [7, 11) is 0. The van der Waals surface area contributed by atoms with Gasteiger partial charge in [0.15, 0.2) is 0 Å². The van der Waals surface area contributed by atoms with Crippen LogP contribution in [0, 0.1) is 0 Å². The second kappa shape index (κ2) is 7.09. The van der Waals surface area contributed by atoms with Gasteiger partial charge in [-0.3, -0.25) is 0 Å². The molecule has 1 saturated heterocycles. The highest BCUT2D eigenvalue weighted by molar-refractivity contribution is 7.09.